The number of methoxy groups -OCH3 is 2. The highest BCUT2D eigenvalue weighted by atomic mass is 16.5. The first kappa shape index (κ1) is 20.1. The number of benzene rings is 1. The summed E-state index contributed by atoms with van der Waals surface area (Å²) in [5, 5.41) is 8.63. The molecule has 0 aliphatic carbocycles. The van der Waals surface area contributed by atoms with Crippen molar-refractivity contribution in [2.45, 2.75) is 12.8 Å². The number of carbonyl (C=O) groups excluding carboxylic acids is 2. The normalized spacial score (nSPS) is 10.4. The smallest absolute Gasteiger partial charge is 0.251 e. The lowest BCUT2D eigenvalue weighted by molar-refractivity contribution is -0.115. The number of hydrogen-bond donors (Lipinski definition) is 3. The van der Waals surface area contributed by atoms with Crippen molar-refractivity contribution in [3.05, 3.63) is 29.8 Å². The van der Waals surface area contributed by atoms with Crippen LogP contribution in [-0.4, -0.2) is 58.9 Å². The molecule has 134 valence electrons. The zero-order valence-electron chi connectivity index (χ0n) is 14.4. The van der Waals surface area contributed by atoms with Gasteiger partial charge >= 0.3 is 0 Å². The van der Waals surface area contributed by atoms with Gasteiger partial charge in [-0.15, -0.1) is 0 Å². The fourth-order valence-electron chi connectivity index (χ4n) is 1.97. The van der Waals surface area contributed by atoms with Crippen molar-refractivity contribution in [3.63, 3.8) is 0 Å². The fraction of sp³-hybridized carbons (Fsp3) is 0.529. The zero-order chi connectivity index (χ0) is 17.6. The minimum Gasteiger partial charge on any atom is -0.385 e. The van der Waals surface area contributed by atoms with E-state index in [1.54, 1.807) is 38.5 Å². The van der Waals surface area contributed by atoms with Gasteiger partial charge in [0.15, 0.2) is 0 Å². The Hall–Kier alpha value is -1.96. The van der Waals surface area contributed by atoms with E-state index in [1.165, 1.54) is 0 Å². The minimum absolute atomic E-state index is 0.121. The van der Waals surface area contributed by atoms with Gasteiger partial charge in [0.2, 0.25) is 5.91 Å². The molecule has 0 radical (unpaired) electrons. The molecule has 24 heavy (non-hydrogen) atoms. The van der Waals surface area contributed by atoms with E-state index in [4.69, 9.17) is 9.47 Å². The van der Waals surface area contributed by atoms with Crippen LogP contribution in [0, 0.1) is 0 Å². The molecule has 0 bridgehead atoms. The minimum atomic E-state index is -0.135. The van der Waals surface area contributed by atoms with Crippen molar-refractivity contribution in [1.82, 2.24) is 10.6 Å². The molecule has 7 heteroatoms. The Kier molecular flexibility index (Phi) is 10.4. The van der Waals surface area contributed by atoms with E-state index in [2.05, 4.69) is 16.0 Å². The summed E-state index contributed by atoms with van der Waals surface area (Å²) in [6.07, 6.45) is 1.63. The second-order valence-corrected chi connectivity index (χ2v) is 5.25. The summed E-state index contributed by atoms with van der Waals surface area (Å²) >= 11 is 0. The quantitative estimate of drug-likeness (QED) is 0.496. The fourth-order valence-corrected chi connectivity index (χ4v) is 1.97. The van der Waals surface area contributed by atoms with Crippen LogP contribution < -0.4 is 16.0 Å². The number of nitrogens with one attached hydrogen (secondary N) is 3. The Morgan fingerprint density at radius 2 is 1.58 bits per heavy atom. The molecule has 0 saturated carbocycles. The largest absolute Gasteiger partial charge is 0.385 e. The van der Waals surface area contributed by atoms with Crippen molar-refractivity contribution in [3.8, 4) is 0 Å². The van der Waals surface area contributed by atoms with Crippen LogP contribution in [0.1, 0.15) is 23.2 Å². The van der Waals surface area contributed by atoms with E-state index in [0.717, 1.165) is 19.4 Å². The van der Waals surface area contributed by atoms with Gasteiger partial charge in [-0.2, -0.15) is 0 Å². The Labute approximate surface area is 143 Å². The molecular formula is C17H27N3O4. The summed E-state index contributed by atoms with van der Waals surface area (Å²) in [5.74, 6) is -0.257. The molecule has 1 aromatic rings. The first-order valence-electron chi connectivity index (χ1n) is 8.04. The topological polar surface area (TPSA) is 88.7 Å². The Balaban J connectivity index is 2.30. The second-order valence-electron chi connectivity index (χ2n) is 5.25. The molecule has 0 heterocycles. The van der Waals surface area contributed by atoms with E-state index in [-0.39, 0.29) is 18.4 Å². The maximum Gasteiger partial charge on any atom is 0.251 e. The Morgan fingerprint density at radius 1 is 0.958 bits per heavy atom. The van der Waals surface area contributed by atoms with Gasteiger partial charge < -0.3 is 25.4 Å². The predicted molar refractivity (Wildman–Crippen MR) is 93.3 cm³/mol. The highest BCUT2D eigenvalue weighted by molar-refractivity contribution is 5.96. The number of amides is 2. The number of carbonyl (C=O) groups is 2. The van der Waals surface area contributed by atoms with Gasteiger partial charge in [-0.25, -0.2) is 0 Å². The van der Waals surface area contributed by atoms with Gasteiger partial charge in [0.1, 0.15) is 0 Å². The summed E-state index contributed by atoms with van der Waals surface area (Å²) < 4.78 is 9.86. The van der Waals surface area contributed by atoms with Crippen LogP contribution in [0.25, 0.3) is 0 Å². The standard InChI is InChI=1S/C17H27N3O4/c1-23-11-3-9-18-13-16(21)20-15-7-5-14(6-8-15)17(22)19-10-4-12-24-2/h5-8,18H,3-4,9-13H2,1-2H3,(H,19,22)(H,20,21). The summed E-state index contributed by atoms with van der Waals surface area (Å²) in [6, 6.07) is 6.81. The Bertz CT molecular complexity index is 491. The monoisotopic (exact) mass is 337 g/mol. The van der Waals surface area contributed by atoms with Gasteiger partial charge in [-0.3, -0.25) is 9.59 Å². The molecule has 0 aliphatic rings. The number of hydrogen-bond acceptors (Lipinski definition) is 5. The third-order valence-corrected chi connectivity index (χ3v) is 3.23. The summed E-state index contributed by atoms with van der Waals surface area (Å²) in [4.78, 5) is 23.7. The van der Waals surface area contributed by atoms with Crippen LogP contribution in [-0.2, 0) is 14.3 Å². The molecule has 3 N–H and O–H groups in total. The van der Waals surface area contributed by atoms with Crippen LogP contribution in [0.5, 0.6) is 0 Å². The maximum atomic E-state index is 11.9. The van der Waals surface area contributed by atoms with Crippen molar-refractivity contribution in [2.24, 2.45) is 0 Å². The van der Waals surface area contributed by atoms with Crippen LogP contribution in [0.15, 0.2) is 24.3 Å². The third kappa shape index (κ3) is 8.61. The van der Waals surface area contributed by atoms with Crippen LogP contribution >= 0.6 is 0 Å². The number of ether oxygens (including phenoxy) is 2. The lowest BCUT2D eigenvalue weighted by atomic mass is 10.2. The summed E-state index contributed by atoms with van der Waals surface area (Å²) in [7, 11) is 3.28. The average Bonchev–Trinajstić information content (AvgIpc) is 2.59. The predicted octanol–water partition coefficient (Wildman–Crippen LogP) is 1.02. The molecular weight excluding hydrogens is 310 g/mol. The molecule has 0 fully saturated rings. The lowest BCUT2D eigenvalue weighted by Gasteiger charge is -2.08. The molecule has 2 amide bonds. The van der Waals surface area contributed by atoms with Crippen LogP contribution in [0.3, 0.4) is 0 Å². The molecule has 0 spiro atoms. The third-order valence-electron chi connectivity index (χ3n) is 3.23. The molecule has 0 aromatic heterocycles. The van der Waals surface area contributed by atoms with Crippen molar-refractivity contribution >= 4 is 17.5 Å². The van der Waals surface area contributed by atoms with E-state index < -0.39 is 0 Å². The van der Waals surface area contributed by atoms with Gasteiger partial charge in [0, 0.05) is 45.2 Å². The molecule has 0 unspecified atom stereocenters. The SMILES string of the molecule is COCCCNCC(=O)Nc1ccc(C(=O)NCCCOC)cc1. The van der Waals surface area contributed by atoms with Crippen molar-refractivity contribution in [2.75, 3.05) is 52.4 Å². The molecule has 0 atom stereocenters. The molecule has 0 aliphatic heterocycles. The average molecular weight is 337 g/mol. The Morgan fingerprint density at radius 3 is 2.21 bits per heavy atom. The zero-order valence-corrected chi connectivity index (χ0v) is 14.4. The van der Waals surface area contributed by atoms with E-state index in [9.17, 15) is 9.59 Å². The van der Waals surface area contributed by atoms with Crippen LogP contribution in [0.2, 0.25) is 0 Å². The molecule has 1 aromatic carbocycles. The molecule has 7 nitrogen and oxygen atoms in total. The van der Waals surface area contributed by atoms with Gasteiger partial charge in [0.05, 0.1) is 6.54 Å². The highest BCUT2D eigenvalue weighted by Crippen LogP contribution is 2.09. The van der Waals surface area contributed by atoms with Gasteiger partial charge in [-0.05, 0) is 43.7 Å². The van der Waals surface area contributed by atoms with E-state index in [1.807, 2.05) is 0 Å². The summed E-state index contributed by atoms with van der Waals surface area (Å²) in [5.41, 5.74) is 1.22. The number of rotatable bonds is 12. The second kappa shape index (κ2) is 12.5. The van der Waals surface area contributed by atoms with Gasteiger partial charge in [0.25, 0.3) is 5.91 Å². The molecule has 0 saturated heterocycles. The van der Waals surface area contributed by atoms with Gasteiger partial charge in [-0.1, -0.05) is 0 Å². The molecule has 1 rings (SSSR count). The summed E-state index contributed by atoms with van der Waals surface area (Å²) in [6.45, 7) is 2.82. The van der Waals surface area contributed by atoms with E-state index >= 15 is 0 Å². The highest BCUT2D eigenvalue weighted by Gasteiger charge is 2.06. The van der Waals surface area contributed by atoms with Crippen molar-refractivity contribution in [1.29, 1.82) is 0 Å². The first-order chi connectivity index (χ1) is 11.7. The maximum absolute atomic E-state index is 11.9. The lowest BCUT2D eigenvalue weighted by Crippen LogP contribution is -2.29. The van der Waals surface area contributed by atoms with Crippen molar-refractivity contribution < 1.29 is 19.1 Å². The first-order valence-corrected chi connectivity index (χ1v) is 8.04. The van der Waals surface area contributed by atoms with E-state index in [0.29, 0.717) is 31.0 Å². The van der Waals surface area contributed by atoms with Crippen LogP contribution in [0.4, 0.5) is 5.69 Å². The number of anilines is 1.